The normalized spacial score (nSPS) is 28.8. The van der Waals surface area contributed by atoms with Gasteiger partial charge in [0.2, 0.25) is 5.88 Å². The van der Waals surface area contributed by atoms with Crippen molar-refractivity contribution in [3.63, 3.8) is 0 Å². The van der Waals surface area contributed by atoms with Crippen molar-refractivity contribution in [2.45, 2.75) is 32.6 Å². The van der Waals surface area contributed by atoms with Gasteiger partial charge in [-0.25, -0.2) is 4.98 Å². The van der Waals surface area contributed by atoms with Gasteiger partial charge in [0, 0.05) is 18.0 Å². The van der Waals surface area contributed by atoms with Crippen molar-refractivity contribution in [2.24, 2.45) is 11.7 Å². The number of thiophene rings is 1. The fraction of sp³-hybridized carbons (Fsp3) is 0.474. The second kappa shape index (κ2) is 5.45. The molecule has 0 amide bonds. The highest BCUT2D eigenvalue weighted by atomic mass is 32.1. The lowest BCUT2D eigenvalue weighted by Gasteiger charge is -2.45. The number of nitrogens with two attached hydrogens (primary N) is 1. The monoisotopic (exact) mass is 355 g/mol. The fourth-order valence-corrected chi connectivity index (χ4v) is 6.18. The minimum atomic E-state index is -0.350. The molecule has 1 fully saturated rings. The maximum Gasteiger partial charge on any atom is 0.205 e. The van der Waals surface area contributed by atoms with E-state index >= 15 is 0 Å². The number of hydrogen-bond acceptors (Lipinski definition) is 5. The van der Waals surface area contributed by atoms with Crippen LogP contribution in [0.5, 0.6) is 5.75 Å². The molecule has 1 saturated heterocycles. The maximum absolute atomic E-state index is 9.88. The molecule has 6 heteroatoms. The number of likely N-dealkylation sites (tertiary alicyclic amines) is 1. The Morgan fingerprint density at radius 2 is 2.24 bits per heavy atom. The van der Waals surface area contributed by atoms with E-state index < -0.39 is 0 Å². The molecule has 1 spiro atoms. The number of aromatic nitrogens is 1. The van der Waals surface area contributed by atoms with E-state index in [1.165, 1.54) is 4.90 Å². The second-order valence-electron chi connectivity index (χ2n) is 7.51. The van der Waals surface area contributed by atoms with Crippen LogP contribution in [0, 0.1) is 31.1 Å². The molecule has 3 N–H and O–H groups in total. The minimum Gasteiger partial charge on any atom is -0.439 e. The number of hydrogen-bond donors (Lipinski definition) is 2. The third-order valence-electron chi connectivity index (χ3n) is 5.81. The van der Waals surface area contributed by atoms with E-state index in [4.69, 9.17) is 15.5 Å². The molecule has 0 bridgehead atoms. The highest BCUT2D eigenvalue weighted by Crippen LogP contribution is 2.56. The summed E-state index contributed by atoms with van der Waals surface area (Å²) in [6.45, 7) is 8.36. The van der Waals surface area contributed by atoms with E-state index in [2.05, 4.69) is 33.0 Å². The van der Waals surface area contributed by atoms with Gasteiger partial charge in [-0.2, -0.15) is 5.26 Å². The van der Waals surface area contributed by atoms with Gasteiger partial charge in [-0.05, 0) is 25.5 Å². The number of piperidine rings is 1. The molecule has 0 aromatic carbocycles. The van der Waals surface area contributed by atoms with Crippen LogP contribution in [-0.4, -0.2) is 25.1 Å². The third-order valence-corrected chi connectivity index (χ3v) is 7.05. The van der Waals surface area contributed by atoms with Crippen LogP contribution in [0.25, 0.3) is 10.2 Å². The molecular formula is C19H23N4OS+. The topological polar surface area (TPSA) is 76.4 Å². The summed E-state index contributed by atoms with van der Waals surface area (Å²) < 4.78 is 6.01. The Balaban J connectivity index is 2.05. The number of nitrogens with zero attached hydrogens (tertiary/aromatic N) is 2. The molecule has 0 saturated carbocycles. The summed E-state index contributed by atoms with van der Waals surface area (Å²) >= 11 is 1.67. The van der Waals surface area contributed by atoms with Gasteiger partial charge in [-0.1, -0.05) is 6.92 Å². The first-order valence-electron chi connectivity index (χ1n) is 8.69. The molecule has 1 unspecified atom stereocenters. The molecule has 0 radical (unpaired) electrons. The predicted octanol–water partition coefficient (Wildman–Crippen LogP) is 1.79. The predicted molar refractivity (Wildman–Crippen MR) is 98.6 cm³/mol. The highest BCUT2D eigenvalue weighted by molar-refractivity contribution is 7.19. The Hall–Kier alpha value is -2.10. The van der Waals surface area contributed by atoms with Crippen LogP contribution >= 0.6 is 11.3 Å². The van der Waals surface area contributed by atoms with Gasteiger partial charge in [0.25, 0.3) is 0 Å². The van der Waals surface area contributed by atoms with Crippen LogP contribution in [0.4, 0.5) is 0 Å². The molecule has 2 aliphatic heterocycles. The number of allylic oxidation sites excluding steroid dienone is 1. The van der Waals surface area contributed by atoms with E-state index in [9.17, 15) is 5.26 Å². The van der Waals surface area contributed by atoms with Crippen LogP contribution in [0.1, 0.15) is 29.5 Å². The largest absolute Gasteiger partial charge is 0.439 e. The van der Waals surface area contributed by atoms with Gasteiger partial charge >= 0.3 is 0 Å². The molecule has 4 heterocycles. The second-order valence-corrected chi connectivity index (χ2v) is 8.51. The van der Waals surface area contributed by atoms with Crippen LogP contribution in [0.15, 0.2) is 17.5 Å². The Morgan fingerprint density at radius 3 is 2.92 bits per heavy atom. The molecule has 2 aliphatic rings. The summed E-state index contributed by atoms with van der Waals surface area (Å²) in [5.74, 6) is 1.40. The molecule has 0 aliphatic carbocycles. The Labute approximate surface area is 151 Å². The number of rotatable bonds is 0. The van der Waals surface area contributed by atoms with Gasteiger partial charge in [0.05, 0.1) is 35.8 Å². The summed E-state index contributed by atoms with van der Waals surface area (Å²) in [7, 11) is 2.21. The van der Waals surface area contributed by atoms with Crippen LogP contribution in [0.2, 0.25) is 0 Å². The first-order chi connectivity index (χ1) is 11.9. The number of quaternary nitrogens is 1. The average molecular weight is 355 g/mol. The van der Waals surface area contributed by atoms with E-state index in [0.29, 0.717) is 11.5 Å². The minimum absolute atomic E-state index is 0.265. The zero-order chi connectivity index (χ0) is 17.9. The van der Waals surface area contributed by atoms with Gasteiger partial charge in [0.15, 0.2) is 5.75 Å². The zero-order valence-electron chi connectivity index (χ0n) is 15.1. The summed E-state index contributed by atoms with van der Waals surface area (Å²) in [5, 5.41) is 10.9. The standard InChI is InChI=1S/C19H22N4OS/c1-10-7-12(3)22-18-14(10)15-16(25-18)19(13(8-20)17(21)24-15)5-6-23(4)9-11(19)2/h7,11H,5-6,9,21H2,1-4H3/p+1/t11-,19-/m0/s1. The molecule has 4 rings (SSSR count). The number of nitrogens with one attached hydrogen (secondary N) is 1. The van der Waals surface area contributed by atoms with Gasteiger partial charge in [-0.3, -0.25) is 0 Å². The number of pyridine rings is 1. The maximum atomic E-state index is 9.88. The lowest BCUT2D eigenvalue weighted by Crippen LogP contribution is -3.11. The fourth-order valence-electron chi connectivity index (χ4n) is 4.61. The van der Waals surface area contributed by atoms with Crippen LogP contribution < -0.4 is 15.4 Å². The smallest absolute Gasteiger partial charge is 0.205 e. The van der Waals surface area contributed by atoms with Crippen molar-refractivity contribution in [1.82, 2.24) is 4.98 Å². The molecule has 2 aromatic heterocycles. The summed E-state index contributed by atoms with van der Waals surface area (Å²) in [4.78, 5) is 8.33. The van der Waals surface area contributed by atoms with Crippen molar-refractivity contribution in [3.05, 3.63) is 33.7 Å². The highest BCUT2D eigenvalue weighted by Gasteiger charge is 2.53. The Morgan fingerprint density at radius 1 is 1.48 bits per heavy atom. The van der Waals surface area contributed by atoms with E-state index in [-0.39, 0.29) is 11.3 Å². The SMILES string of the molecule is Cc1cc(C)c2c3c(sc2n1)[C@]1(CC[NH+](C)C[C@@H]1C)C(C#N)=C(N)O3. The first-order valence-corrected chi connectivity index (χ1v) is 9.50. The number of ether oxygens (including phenoxy) is 1. The van der Waals surface area contributed by atoms with Crippen molar-refractivity contribution in [3.8, 4) is 11.8 Å². The zero-order valence-corrected chi connectivity index (χ0v) is 15.9. The van der Waals surface area contributed by atoms with E-state index in [1.54, 1.807) is 11.3 Å². The lowest BCUT2D eigenvalue weighted by molar-refractivity contribution is -0.890. The third kappa shape index (κ3) is 2.12. The van der Waals surface area contributed by atoms with Crippen molar-refractivity contribution >= 4 is 21.6 Å². The van der Waals surface area contributed by atoms with Crippen molar-refractivity contribution < 1.29 is 9.64 Å². The first kappa shape index (κ1) is 16.4. The summed E-state index contributed by atoms with van der Waals surface area (Å²) in [6, 6.07) is 4.45. The van der Waals surface area contributed by atoms with E-state index in [0.717, 1.165) is 51.6 Å². The number of aryl methyl sites for hydroxylation is 2. The van der Waals surface area contributed by atoms with Crippen molar-refractivity contribution in [2.75, 3.05) is 20.1 Å². The van der Waals surface area contributed by atoms with Crippen molar-refractivity contribution in [1.29, 1.82) is 5.26 Å². The average Bonchev–Trinajstić information content (AvgIpc) is 2.89. The molecule has 3 atom stereocenters. The molecule has 2 aromatic rings. The van der Waals surface area contributed by atoms with Gasteiger partial charge in [0.1, 0.15) is 16.5 Å². The van der Waals surface area contributed by atoms with Gasteiger partial charge in [-0.15, -0.1) is 11.3 Å². The molecule has 25 heavy (non-hydrogen) atoms. The Bertz CT molecular complexity index is 954. The molecule has 130 valence electrons. The lowest BCUT2D eigenvalue weighted by atomic mass is 9.64. The molecule has 5 nitrogen and oxygen atoms in total. The molecular weight excluding hydrogens is 332 g/mol. The van der Waals surface area contributed by atoms with E-state index in [1.807, 2.05) is 6.92 Å². The summed E-state index contributed by atoms with van der Waals surface area (Å²) in [6.07, 6.45) is 0.908. The quantitative estimate of drug-likeness (QED) is 0.755. The number of fused-ring (bicyclic) bond motifs is 4. The van der Waals surface area contributed by atoms with Gasteiger partial charge < -0.3 is 15.4 Å². The summed E-state index contributed by atoms with van der Waals surface area (Å²) in [5.41, 5.74) is 8.65. The van der Waals surface area contributed by atoms with Crippen LogP contribution in [0.3, 0.4) is 0 Å². The number of nitriles is 1. The van der Waals surface area contributed by atoms with Crippen LogP contribution in [-0.2, 0) is 5.41 Å². The Kier molecular flexibility index (Phi) is 3.57.